The van der Waals surface area contributed by atoms with Gasteiger partial charge in [0, 0.05) is 16.3 Å². The van der Waals surface area contributed by atoms with E-state index in [1.807, 2.05) is 18.2 Å². The van der Waals surface area contributed by atoms with Gasteiger partial charge in [-0.1, -0.05) is 5.92 Å². The number of hydrogen-bond donors (Lipinski definition) is 0. The molecule has 1 aromatic heterocycles. The van der Waals surface area contributed by atoms with E-state index in [0.717, 1.165) is 16.3 Å². The van der Waals surface area contributed by atoms with Gasteiger partial charge in [0.2, 0.25) is 0 Å². The van der Waals surface area contributed by atoms with Gasteiger partial charge >= 0.3 is 0 Å². The van der Waals surface area contributed by atoms with Crippen LogP contribution in [0.4, 0.5) is 0 Å². The zero-order chi connectivity index (χ0) is 7.68. The average molecular weight is 141 g/mol. The Morgan fingerprint density at radius 1 is 1.45 bits per heavy atom. The minimum Gasteiger partial charge on any atom is -0.460 e. The summed E-state index contributed by atoms with van der Waals surface area (Å²) in [6.07, 6.45) is 9.58. The third kappa shape index (κ3) is 0.890. The molecule has 0 aliphatic rings. The van der Waals surface area contributed by atoms with Gasteiger partial charge in [0.05, 0.1) is 6.26 Å². The van der Waals surface area contributed by atoms with E-state index < -0.39 is 0 Å². The molecular weight excluding hydrogens is 136 g/mol. The molecule has 0 bridgehead atoms. The minimum absolute atomic E-state index is 0.868. The van der Waals surface area contributed by atoms with Gasteiger partial charge < -0.3 is 4.42 Å². The summed E-state index contributed by atoms with van der Waals surface area (Å²) in [5.74, 6) is 2.55. The van der Waals surface area contributed by atoms with E-state index in [9.17, 15) is 0 Å². The maximum absolute atomic E-state index is 5.22. The van der Waals surface area contributed by atoms with Crippen molar-refractivity contribution < 1.29 is 4.42 Å². The first-order valence-corrected chi connectivity index (χ1v) is 3.26. The van der Waals surface area contributed by atoms with Crippen molar-refractivity contribution in [3.8, 4) is 12.3 Å². The highest BCUT2D eigenvalue weighted by molar-refractivity contribution is 5.81. The molecule has 1 radical (unpaired) electrons. The maximum atomic E-state index is 5.22. The van der Waals surface area contributed by atoms with Gasteiger partial charge in [-0.15, -0.1) is 6.42 Å². The SMILES string of the molecule is C#Cc1ccc2[c]occ2c1. The molecule has 0 atom stereocenters. The van der Waals surface area contributed by atoms with Crippen LogP contribution in [0.1, 0.15) is 5.56 Å². The molecule has 11 heavy (non-hydrogen) atoms. The molecule has 1 heteroatoms. The van der Waals surface area contributed by atoms with Gasteiger partial charge in [-0.25, -0.2) is 0 Å². The number of terminal acetylenes is 1. The van der Waals surface area contributed by atoms with Crippen LogP contribution < -0.4 is 0 Å². The van der Waals surface area contributed by atoms with E-state index in [4.69, 9.17) is 10.8 Å². The second-order valence-electron chi connectivity index (χ2n) is 2.28. The minimum atomic E-state index is 0.868. The largest absolute Gasteiger partial charge is 0.460 e. The molecule has 2 rings (SSSR count). The van der Waals surface area contributed by atoms with Crippen molar-refractivity contribution in [2.45, 2.75) is 0 Å². The molecule has 1 nitrogen and oxygen atoms in total. The van der Waals surface area contributed by atoms with Gasteiger partial charge in [-0.2, -0.15) is 0 Å². The van der Waals surface area contributed by atoms with Crippen LogP contribution >= 0.6 is 0 Å². The Bertz CT molecular complexity index is 418. The number of furan rings is 1. The van der Waals surface area contributed by atoms with Gasteiger partial charge in [-0.3, -0.25) is 0 Å². The molecular formula is C10H5O. The molecule has 0 N–H and O–H groups in total. The first-order valence-electron chi connectivity index (χ1n) is 3.26. The molecule has 0 spiro atoms. The Labute approximate surface area is 64.6 Å². The molecule has 1 aromatic carbocycles. The summed E-state index contributed by atoms with van der Waals surface area (Å²) in [6, 6.07) is 5.66. The van der Waals surface area contributed by atoms with Crippen LogP contribution in [0.5, 0.6) is 0 Å². The standard InChI is InChI=1S/C10H5O/c1-2-8-3-4-9-6-11-7-10(9)5-8/h1,3-5,7H. The first kappa shape index (κ1) is 6.06. The summed E-state index contributed by atoms with van der Waals surface area (Å²) < 4.78 is 4.87. The van der Waals surface area contributed by atoms with E-state index in [-0.39, 0.29) is 0 Å². The molecule has 0 fully saturated rings. The topological polar surface area (TPSA) is 13.1 Å². The van der Waals surface area contributed by atoms with Crippen molar-refractivity contribution in [3.63, 3.8) is 0 Å². The van der Waals surface area contributed by atoms with Crippen LogP contribution in [0.2, 0.25) is 0 Å². The zero-order valence-corrected chi connectivity index (χ0v) is 5.79. The molecule has 0 aliphatic heterocycles. The van der Waals surface area contributed by atoms with E-state index in [1.165, 1.54) is 0 Å². The first-order chi connectivity index (χ1) is 5.40. The monoisotopic (exact) mass is 141 g/mol. The highest BCUT2D eigenvalue weighted by Gasteiger charge is 1.95. The van der Waals surface area contributed by atoms with E-state index in [0.29, 0.717) is 0 Å². The summed E-state index contributed by atoms with van der Waals surface area (Å²) in [4.78, 5) is 0. The molecule has 0 saturated carbocycles. The average Bonchev–Trinajstić information content (AvgIpc) is 2.50. The highest BCUT2D eigenvalue weighted by atomic mass is 16.3. The lowest BCUT2D eigenvalue weighted by molar-refractivity contribution is 0.563. The number of rotatable bonds is 0. The fraction of sp³-hybridized carbons (Fsp3) is 0. The van der Waals surface area contributed by atoms with Crippen LogP contribution in [0.25, 0.3) is 10.8 Å². The van der Waals surface area contributed by atoms with Crippen molar-refractivity contribution in [2.24, 2.45) is 0 Å². The quantitative estimate of drug-likeness (QED) is 0.512. The second-order valence-corrected chi connectivity index (χ2v) is 2.28. The molecule has 1 heterocycles. The summed E-state index contributed by atoms with van der Waals surface area (Å²) in [6.45, 7) is 0. The van der Waals surface area contributed by atoms with Gasteiger partial charge in [0.15, 0.2) is 6.26 Å². The Balaban J connectivity index is 2.79. The van der Waals surface area contributed by atoms with Crippen molar-refractivity contribution in [1.82, 2.24) is 0 Å². The third-order valence-electron chi connectivity index (χ3n) is 1.57. The lowest BCUT2D eigenvalue weighted by Crippen LogP contribution is -1.70. The fourth-order valence-corrected chi connectivity index (χ4v) is 0.999. The Morgan fingerprint density at radius 2 is 2.36 bits per heavy atom. The van der Waals surface area contributed by atoms with Gasteiger partial charge in [-0.05, 0) is 18.2 Å². The number of hydrogen-bond acceptors (Lipinski definition) is 1. The van der Waals surface area contributed by atoms with Gasteiger partial charge in [0.25, 0.3) is 0 Å². The van der Waals surface area contributed by atoms with E-state index in [1.54, 1.807) is 6.26 Å². The summed E-state index contributed by atoms with van der Waals surface area (Å²) in [5.41, 5.74) is 0.868. The fourth-order valence-electron chi connectivity index (χ4n) is 0.999. The highest BCUT2D eigenvalue weighted by Crippen LogP contribution is 2.15. The smallest absolute Gasteiger partial charge is 0.177 e. The second kappa shape index (κ2) is 2.17. The summed E-state index contributed by atoms with van der Waals surface area (Å²) in [7, 11) is 0. The van der Waals surface area contributed by atoms with Crippen molar-refractivity contribution in [3.05, 3.63) is 36.3 Å². The predicted molar refractivity (Wildman–Crippen MR) is 43.0 cm³/mol. The van der Waals surface area contributed by atoms with E-state index >= 15 is 0 Å². The molecule has 51 valence electrons. The van der Waals surface area contributed by atoms with Crippen molar-refractivity contribution >= 4 is 10.8 Å². The summed E-state index contributed by atoms with van der Waals surface area (Å²) >= 11 is 0. The van der Waals surface area contributed by atoms with E-state index in [2.05, 4.69) is 12.2 Å². The number of benzene rings is 1. The lowest BCUT2D eigenvalue weighted by atomic mass is 10.1. The van der Waals surface area contributed by atoms with Crippen LogP contribution in [0.3, 0.4) is 0 Å². The maximum Gasteiger partial charge on any atom is 0.177 e. The molecule has 2 aromatic rings. The Morgan fingerprint density at radius 3 is 3.18 bits per heavy atom. The van der Waals surface area contributed by atoms with Crippen LogP contribution in [-0.4, -0.2) is 0 Å². The Hall–Kier alpha value is -1.68. The zero-order valence-electron chi connectivity index (χ0n) is 5.79. The number of fused-ring (bicyclic) bond motifs is 1. The molecule has 0 unspecified atom stereocenters. The van der Waals surface area contributed by atoms with Crippen LogP contribution in [0, 0.1) is 18.6 Å². The van der Waals surface area contributed by atoms with Crippen molar-refractivity contribution in [1.29, 1.82) is 0 Å². The molecule has 0 aliphatic carbocycles. The lowest BCUT2D eigenvalue weighted by Gasteiger charge is -1.87. The third-order valence-corrected chi connectivity index (χ3v) is 1.57. The van der Waals surface area contributed by atoms with Crippen LogP contribution in [-0.2, 0) is 0 Å². The Kier molecular flexibility index (Phi) is 1.20. The summed E-state index contributed by atoms with van der Waals surface area (Å²) in [5, 5.41) is 1.96. The van der Waals surface area contributed by atoms with Crippen molar-refractivity contribution in [2.75, 3.05) is 0 Å². The molecule has 0 saturated heterocycles. The van der Waals surface area contributed by atoms with Gasteiger partial charge in [0.1, 0.15) is 0 Å². The predicted octanol–water partition coefficient (Wildman–Crippen LogP) is 2.21. The normalized spacial score (nSPS) is 9.73. The molecule has 0 amide bonds. The van der Waals surface area contributed by atoms with Crippen LogP contribution in [0.15, 0.2) is 28.9 Å².